The van der Waals surface area contributed by atoms with Gasteiger partial charge in [0, 0.05) is 5.56 Å². The Bertz CT molecular complexity index is 890. The summed E-state index contributed by atoms with van der Waals surface area (Å²) in [4.78, 5) is 12.8. The minimum absolute atomic E-state index is 0.0556. The molecule has 0 unspecified atom stereocenters. The Labute approximate surface area is 151 Å². The van der Waals surface area contributed by atoms with Crippen molar-refractivity contribution in [2.75, 3.05) is 13.2 Å². The zero-order valence-corrected chi connectivity index (χ0v) is 14.0. The van der Waals surface area contributed by atoms with Gasteiger partial charge in [0.05, 0.1) is 12.2 Å². The molecule has 3 rings (SSSR count). The van der Waals surface area contributed by atoms with Crippen LogP contribution in [0, 0.1) is 0 Å². The highest BCUT2D eigenvalue weighted by atomic mass is 16.5. The summed E-state index contributed by atoms with van der Waals surface area (Å²) >= 11 is 0. The van der Waals surface area contributed by atoms with Crippen molar-refractivity contribution >= 4 is 5.78 Å². The average molecular weight is 350 g/mol. The topological polar surface area (TPSA) is 76.0 Å². The summed E-state index contributed by atoms with van der Waals surface area (Å²) in [6.45, 7) is -0.112. The van der Waals surface area contributed by atoms with Crippen molar-refractivity contribution in [2.45, 2.75) is 0 Å². The Hall–Kier alpha value is -3.31. The number of rotatable bonds is 7. The number of aromatic hydroxyl groups is 1. The van der Waals surface area contributed by atoms with Gasteiger partial charge in [-0.1, -0.05) is 48.5 Å². The number of aliphatic hydroxyl groups is 1. The predicted molar refractivity (Wildman–Crippen MR) is 97.1 cm³/mol. The Morgan fingerprint density at radius 1 is 0.808 bits per heavy atom. The van der Waals surface area contributed by atoms with Gasteiger partial charge < -0.3 is 19.7 Å². The molecule has 0 aliphatic rings. The molecule has 3 aromatic carbocycles. The molecule has 0 bridgehead atoms. The molecule has 0 saturated heterocycles. The molecule has 0 atom stereocenters. The van der Waals surface area contributed by atoms with Crippen LogP contribution in [0.2, 0.25) is 0 Å². The van der Waals surface area contributed by atoms with Crippen molar-refractivity contribution in [3.8, 4) is 23.0 Å². The van der Waals surface area contributed by atoms with Crippen LogP contribution in [0.5, 0.6) is 23.0 Å². The molecule has 0 radical (unpaired) electrons. The highest BCUT2D eigenvalue weighted by Gasteiger charge is 2.17. The highest BCUT2D eigenvalue weighted by Crippen LogP contribution is 2.39. The summed E-state index contributed by atoms with van der Waals surface area (Å²) in [6, 6.07) is 20.5. The SMILES string of the molecule is O=C(c1ccccc1)c1ccccc1Oc1cccc(OCCO)c1O. The molecule has 3 aromatic rings. The second-order valence-corrected chi connectivity index (χ2v) is 5.47. The van der Waals surface area contributed by atoms with Gasteiger partial charge in [-0.2, -0.15) is 0 Å². The first kappa shape index (κ1) is 17.5. The first-order valence-corrected chi connectivity index (χ1v) is 8.13. The number of carbonyl (C=O) groups excluding carboxylic acids is 1. The van der Waals surface area contributed by atoms with Gasteiger partial charge in [0.2, 0.25) is 5.75 Å². The lowest BCUT2D eigenvalue weighted by molar-refractivity contribution is 0.103. The van der Waals surface area contributed by atoms with Crippen molar-refractivity contribution in [1.82, 2.24) is 0 Å². The first-order chi connectivity index (χ1) is 12.7. The average Bonchev–Trinajstić information content (AvgIpc) is 2.69. The first-order valence-electron chi connectivity index (χ1n) is 8.13. The van der Waals surface area contributed by atoms with Gasteiger partial charge in [-0.3, -0.25) is 4.79 Å². The molecule has 5 nitrogen and oxygen atoms in total. The second kappa shape index (κ2) is 8.18. The second-order valence-electron chi connectivity index (χ2n) is 5.47. The van der Waals surface area contributed by atoms with Gasteiger partial charge in [0.25, 0.3) is 0 Å². The van der Waals surface area contributed by atoms with Gasteiger partial charge in [0.1, 0.15) is 12.4 Å². The standard InChI is InChI=1S/C21H18O5/c22-13-14-25-18-11-6-12-19(21(18)24)26-17-10-5-4-9-16(17)20(23)15-7-2-1-3-8-15/h1-12,22,24H,13-14H2. The van der Waals surface area contributed by atoms with Crippen LogP contribution in [-0.2, 0) is 0 Å². The van der Waals surface area contributed by atoms with E-state index >= 15 is 0 Å². The maximum atomic E-state index is 12.8. The fraction of sp³-hybridized carbons (Fsp3) is 0.0952. The number of ketones is 1. The molecular formula is C21H18O5. The van der Waals surface area contributed by atoms with Gasteiger partial charge in [0.15, 0.2) is 17.3 Å². The number of ether oxygens (including phenoxy) is 2. The minimum Gasteiger partial charge on any atom is -0.502 e. The maximum Gasteiger partial charge on any atom is 0.201 e. The predicted octanol–water partition coefficient (Wildman–Crippen LogP) is 3.79. The third kappa shape index (κ3) is 3.84. The molecule has 0 aliphatic heterocycles. The van der Waals surface area contributed by atoms with Crippen molar-refractivity contribution in [3.05, 3.63) is 83.9 Å². The Kier molecular flexibility index (Phi) is 5.51. The number of phenolic OH excluding ortho intramolecular Hbond substituents is 1. The maximum absolute atomic E-state index is 12.8. The summed E-state index contributed by atoms with van der Waals surface area (Å²) in [6.07, 6.45) is 0. The largest absolute Gasteiger partial charge is 0.502 e. The van der Waals surface area contributed by atoms with Crippen molar-refractivity contribution in [2.24, 2.45) is 0 Å². The molecule has 0 fully saturated rings. The smallest absolute Gasteiger partial charge is 0.201 e. The molecule has 2 N–H and O–H groups in total. The van der Waals surface area contributed by atoms with Gasteiger partial charge in [-0.25, -0.2) is 0 Å². The molecular weight excluding hydrogens is 332 g/mol. The van der Waals surface area contributed by atoms with E-state index in [2.05, 4.69) is 0 Å². The molecule has 26 heavy (non-hydrogen) atoms. The van der Waals surface area contributed by atoms with E-state index in [1.54, 1.807) is 66.7 Å². The lowest BCUT2D eigenvalue weighted by Crippen LogP contribution is -2.04. The van der Waals surface area contributed by atoms with Crippen LogP contribution in [0.1, 0.15) is 15.9 Å². The van der Waals surface area contributed by atoms with Gasteiger partial charge in [-0.15, -0.1) is 0 Å². The van der Waals surface area contributed by atoms with Gasteiger partial charge >= 0.3 is 0 Å². The monoisotopic (exact) mass is 350 g/mol. The van der Waals surface area contributed by atoms with Crippen molar-refractivity contribution in [1.29, 1.82) is 0 Å². The number of para-hydroxylation sites is 2. The number of phenols is 1. The van der Waals surface area contributed by atoms with Crippen LogP contribution in [0.25, 0.3) is 0 Å². The van der Waals surface area contributed by atoms with Gasteiger partial charge in [-0.05, 0) is 24.3 Å². The number of aliphatic hydroxyl groups excluding tert-OH is 1. The highest BCUT2D eigenvalue weighted by molar-refractivity contribution is 6.10. The Morgan fingerprint density at radius 2 is 1.46 bits per heavy atom. The Balaban J connectivity index is 1.91. The molecule has 0 amide bonds. The van der Waals surface area contributed by atoms with E-state index in [0.717, 1.165) is 0 Å². The van der Waals surface area contributed by atoms with Crippen LogP contribution < -0.4 is 9.47 Å². The van der Waals surface area contributed by atoms with Crippen LogP contribution >= 0.6 is 0 Å². The molecule has 0 heterocycles. The lowest BCUT2D eigenvalue weighted by atomic mass is 10.0. The molecule has 5 heteroatoms. The van der Waals surface area contributed by atoms with E-state index in [1.807, 2.05) is 6.07 Å². The number of hydrogen-bond donors (Lipinski definition) is 2. The van der Waals surface area contributed by atoms with E-state index in [-0.39, 0.29) is 36.2 Å². The fourth-order valence-corrected chi connectivity index (χ4v) is 2.46. The summed E-state index contributed by atoms with van der Waals surface area (Å²) in [5.41, 5.74) is 0.938. The van der Waals surface area contributed by atoms with Crippen LogP contribution in [0.15, 0.2) is 72.8 Å². The minimum atomic E-state index is -0.192. The van der Waals surface area contributed by atoms with Crippen LogP contribution in [0.3, 0.4) is 0 Å². The molecule has 0 saturated carbocycles. The molecule has 0 aromatic heterocycles. The van der Waals surface area contributed by atoms with E-state index in [9.17, 15) is 9.90 Å². The third-order valence-electron chi connectivity index (χ3n) is 3.70. The third-order valence-corrected chi connectivity index (χ3v) is 3.70. The van der Waals surface area contributed by atoms with Crippen LogP contribution in [-0.4, -0.2) is 29.2 Å². The summed E-state index contributed by atoms with van der Waals surface area (Å²) < 4.78 is 11.1. The van der Waals surface area contributed by atoms with Crippen molar-refractivity contribution in [3.63, 3.8) is 0 Å². The lowest BCUT2D eigenvalue weighted by Gasteiger charge is -2.14. The van der Waals surface area contributed by atoms with E-state index in [0.29, 0.717) is 16.9 Å². The molecule has 132 valence electrons. The summed E-state index contributed by atoms with van der Waals surface area (Å²) in [5.74, 6) is 0.324. The zero-order chi connectivity index (χ0) is 18.4. The Morgan fingerprint density at radius 3 is 2.23 bits per heavy atom. The fourth-order valence-electron chi connectivity index (χ4n) is 2.46. The van der Waals surface area contributed by atoms with E-state index < -0.39 is 0 Å². The summed E-state index contributed by atoms with van der Waals surface area (Å²) in [7, 11) is 0. The molecule has 0 aliphatic carbocycles. The van der Waals surface area contributed by atoms with E-state index in [4.69, 9.17) is 14.6 Å². The number of hydrogen-bond acceptors (Lipinski definition) is 5. The zero-order valence-electron chi connectivity index (χ0n) is 14.0. The number of benzene rings is 3. The van der Waals surface area contributed by atoms with Crippen LogP contribution in [0.4, 0.5) is 0 Å². The number of carbonyl (C=O) groups is 1. The quantitative estimate of drug-likeness (QED) is 0.634. The molecule has 0 spiro atoms. The normalized spacial score (nSPS) is 10.3. The van der Waals surface area contributed by atoms with Crippen molar-refractivity contribution < 1.29 is 24.5 Å². The van der Waals surface area contributed by atoms with E-state index in [1.165, 1.54) is 0 Å². The summed E-state index contributed by atoms with van der Waals surface area (Å²) in [5, 5.41) is 19.2.